The van der Waals surface area contributed by atoms with Crippen molar-refractivity contribution in [1.29, 1.82) is 5.26 Å². The van der Waals surface area contributed by atoms with Crippen molar-refractivity contribution in [3.8, 4) is 17.6 Å². The maximum absolute atomic E-state index is 13.5. The van der Waals surface area contributed by atoms with E-state index in [0.717, 1.165) is 30.5 Å². The Morgan fingerprint density at radius 2 is 1.96 bits per heavy atom. The average molecular weight is 336 g/mol. The highest BCUT2D eigenvalue weighted by atomic mass is 32.2. The Hall–Kier alpha value is -2.99. The number of nitro groups is 1. The first-order valence-electron chi connectivity index (χ1n) is 6.09. The van der Waals surface area contributed by atoms with Crippen LogP contribution in [0.15, 0.2) is 41.3 Å². The number of nitriles is 1. The average Bonchev–Trinajstić information content (AvgIpc) is 2.46. The number of rotatable bonds is 4. The summed E-state index contributed by atoms with van der Waals surface area (Å²) in [5.74, 6) is -1.34. The number of sulfone groups is 1. The lowest BCUT2D eigenvalue weighted by Gasteiger charge is -2.09. The number of nitro benzene ring substituents is 1. The van der Waals surface area contributed by atoms with Crippen molar-refractivity contribution in [2.24, 2.45) is 0 Å². The Kier molecular flexibility index (Phi) is 4.29. The smallest absolute Gasteiger partial charge is 0.312 e. The third-order valence-electron chi connectivity index (χ3n) is 2.86. The van der Waals surface area contributed by atoms with E-state index in [1.165, 1.54) is 12.1 Å². The molecule has 0 aliphatic rings. The minimum absolute atomic E-state index is 0.206. The number of ether oxygens (including phenoxy) is 1. The fourth-order valence-corrected chi connectivity index (χ4v) is 2.41. The minimum Gasteiger partial charge on any atom is -0.449 e. The number of halogens is 1. The number of nitrogens with zero attached hydrogens (tertiary/aromatic N) is 2. The monoisotopic (exact) mass is 336 g/mol. The summed E-state index contributed by atoms with van der Waals surface area (Å²) in [5, 5.41) is 20.0. The van der Waals surface area contributed by atoms with Crippen molar-refractivity contribution < 1.29 is 22.5 Å². The molecule has 2 rings (SSSR count). The Morgan fingerprint density at radius 1 is 1.26 bits per heavy atom. The maximum Gasteiger partial charge on any atom is 0.312 e. The molecule has 0 unspecified atom stereocenters. The third-order valence-corrected chi connectivity index (χ3v) is 3.97. The molecule has 0 saturated carbocycles. The highest BCUT2D eigenvalue weighted by molar-refractivity contribution is 7.90. The topological polar surface area (TPSA) is 110 Å². The standard InChI is InChI=1S/C14H9FN2O5S/c1-23(20,21)9-5-6-14(12(7-9)17(18)19)22-13-4-2-3-11(15)10(13)8-16/h2-7H,1H3. The maximum atomic E-state index is 13.5. The van der Waals surface area contributed by atoms with E-state index in [9.17, 15) is 22.9 Å². The number of hydrogen-bond donors (Lipinski definition) is 0. The van der Waals surface area contributed by atoms with Crippen LogP contribution < -0.4 is 4.74 Å². The van der Waals surface area contributed by atoms with Gasteiger partial charge in [-0.3, -0.25) is 10.1 Å². The van der Waals surface area contributed by atoms with Crippen molar-refractivity contribution in [3.63, 3.8) is 0 Å². The number of benzene rings is 2. The first kappa shape index (κ1) is 16.4. The van der Waals surface area contributed by atoms with E-state index in [1.807, 2.05) is 0 Å². The second-order valence-corrected chi connectivity index (χ2v) is 6.50. The van der Waals surface area contributed by atoms with Crippen LogP contribution in [0, 0.1) is 27.3 Å². The van der Waals surface area contributed by atoms with Crippen molar-refractivity contribution in [2.45, 2.75) is 4.90 Å². The van der Waals surface area contributed by atoms with Crippen LogP contribution in [0.3, 0.4) is 0 Å². The molecular formula is C14H9FN2O5S. The largest absolute Gasteiger partial charge is 0.449 e. The molecule has 2 aromatic carbocycles. The van der Waals surface area contributed by atoms with Crippen LogP contribution in [0.4, 0.5) is 10.1 Å². The van der Waals surface area contributed by atoms with Crippen molar-refractivity contribution in [2.75, 3.05) is 6.26 Å². The minimum atomic E-state index is -3.64. The van der Waals surface area contributed by atoms with Crippen LogP contribution >= 0.6 is 0 Å². The van der Waals surface area contributed by atoms with Crippen LogP contribution in [-0.2, 0) is 9.84 Å². The lowest BCUT2D eigenvalue weighted by atomic mass is 10.2. The normalized spacial score (nSPS) is 10.8. The molecule has 0 atom stereocenters. The third kappa shape index (κ3) is 3.44. The molecule has 0 bridgehead atoms. The van der Waals surface area contributed by atoms with E-state index in [0.29, 0.717) is 0 Å². The summed E-state index contributed by atoms with van der Waals surface area (Å²) in [6.07, 6.45) is 0.910. The first-order valence-corrected chi connectivity index (χ1v) is 7.98. The molecule has 0 heterocycles. The van der Waals surface area contributed by atoms with Gasteiger partial charge in [0.25, 0.3) is 0 Å². The molecule has 2 aromatic rings. The molecule has 0 aliphatic carbocycles. The van der Waals surface area contributed by atoms with Gasteiger partial charge in [0.15, 0.2) is 9.84 Å². The predicted molar refractivity (Wildman–Crippen MR) is 77.4 cm³/mol. The molecule has 118 valence electrons. The summed E-state index contributed by atoms with van der Waals surface area (Å²) in [5.41, 5.74) is -1.02. The van der Waals surface area contributed by atoms with E-state index in [1.54, 1.807) is 6.07 Å². The Balaban J connectivity index is 2.56. The Bertz CT molecular complexity index is 935. The summed E-state index contributed by atoms with van der Waals surface area (Å²) < 4.78 is 41.7. The molecule has 0 saturated heterocycles. The van der Waals surface area contributed by atoms with Crippen LogP contribution in [0.2, 0.25) is 0 Å². The van der Waals surface area contributed by atoms with Gasteiger partial charge in [-0.2, -0.15) is 5.26 Å². The van der Waals surface area contributed by atoms with Crippen LogP contribution in [0.1, 0.15) is 5.56 Å². The van der Waals surface area contributed by atoms with Gasteiger partial charge >= 0.3 is 5.69 Å². The van der Waals surface area contributed by atoms with Gasteiger partial charge < -0.3 is 4.74 Å². The van der Waals surface area contributed by atoms with Gasteiger partial charge in [-0.05, 0) is 24.3 Å². The van der Waals surface area contributed by atoms with E-state index >= 15 is 0 Å². The van der Waals surface area contributed by atoms with E-state index in [-0.39, 0.29) is 16.4 Å². The van der Waals surface area contributed by atoms with Gasteiger partial charge in [-0.1, -0.05) is 6.07 Å². The van der Waals surface area contributed by atoms with E-state index in [4.69, 9.17) is 10.00 Å². The zero-order chi connectivity index (χ0) is 17.2. The highest BCUT2D eigenvalue weighted by Crippen LogP contribution is 2.35. The first-order chi connectivity index (χ1) is 10.7. The van der Waals surface area contributed by atoms with Crippen molar-refractivity contribution in [1.82, 2.24) is 0 Å². The summed E-state index contributed by atoms with van der Waals surface area (Å²) in [7, 11) is -3.64. The fourth-order valence-electron chi connectivity index (χ4n) is 1.77. The quantitative estimate of drug-likeness (QED) is 0.627. The Labute approximate surface area is 130 Å². The lowest BCUT2D eigenvalue weighted by molar-refractivity contribution is -0.385. The molecular weight excluding hydrogens is 327 g/mol. The zero-order valence-corrected chi connectivity index (χ0v) is 12.5. The molecule has 9 heteroatoms. The van der Waals surface area contributed by atoms with Crippen molar-refractivity contribution >= 4 is 15.5 Å². The second kappa shape index (κ2) is 6.02. The highest BCUT2D eigenvalue weighted by Gasteiger charge is 2.21. The van der Waals surface area contributed by atoms with Gasteiger partial charge in [-0.15, -0.1) is 0 Å². The summed E-state index contributed by atoms with van der Waals surface area (Å²) >= 11 is 0. The summed E-state index contributed by atoms with van der Waals surface area (Å²) in [6.45, 7) is 0. The molecule has 23 heavy (non-hydrogen) atoms. The zero-order valence-electron chi connectivity index (χ0n) is 11.7. The lowest BCUT2D eigenvalue weighted by Crippen LogP contribution is -2.01. The molecule has 0 spiro atoms. The Morgan fingerprint density at radius 3 is 2.52 bits per heavy atom. The van der Waals surface area contributed by atoms with Gasteiger partial charge in [0.05, 0.1) is 9.82 Å². The molecule has 0 aromatic heterocycles. The van der Waals surface area contributed by atoms with E-state index in [2.05, 4.69) is 0 Å². The molecule has 0 aliphatic heterocycles. The molecule has 0 radical (unpaired) electrons. The molecule has 7 nitrogen and oxygen atoms in total. The molecule has 0 fully saturated rings. The van der Waals surface area contributed by atoms with Gasteiger partial charge in [0, 0.05) is 12.3 Å². The summed E-state index contributed by atoms with van der Waals surface area (Å²) in [4.78, 5) is 10.0. The van der Waals surface area contributed by atoms with E-state index < -0.39 is 31.8 Å². The predicted octanol–water partition coefficient (Wildman–Crippen LogP) is 2.80. The van der Waals surface area contributed by atoms with Crippen LogP contribution in [-0.4, -0.2) is 19.6 Å². The summed E-state index contributed by atoms with van der Waals surface area (Å²) in [6, 6.07) is 8.26. The van der Waals surface area contributed by atoms with Crippen LogP contribution in [0.25, 0.3) is 0 Å². The SMILES string of the molecule is CS(=O)(=O)c1ccc(Oc2cccc(F)c2C#N)c([N+](=O)[O-])c1. The van der Waals surface area contributed by atoms with Crippen LogP contribution in [0.5, 0.6) is 11.5 Å². The van der Waals surface area contributed by atoms with Gasteiger partial charge in [0.1, 0.15) is 23.2 Å². The molecule has 0 amide bonds. The van der Waals surface area contributed by atoms with Gasteiger partial charge in [0.2, 0.25) is 5.75 Å². The van der Waals surface area contributed by atoms with Gasteiger partial charge in [-0.25, -0.2) is 12.8 Å². The fraction of sp³-hybridized carbons (Fsp3) is 0.0714. The van der Waals surface area contributed by atoms with Crippen molar-refractivity contribution in [3.05, 3.63) is 57.9 Å². The second-order valence-electron chi connectivity index (χ2n) is 4.49. The molecule has 0 N–H and O–H groups in total. The number of hydrogen-bond acceptors (Lipinski definition) is 6.